The summed E-state index contributed by atoms with van der Waals surface area (Å²) in [6.07, 6.45) is 4.90. The lowest BCUT2D eigenvalue weighted by atomic mass is 10.3. The highest BCUT2D eigenvalue weighted by molar-refractivity contribution is 6.28. The maximum atomic E-state index is 11.8. The molecule has 2 rings (SSSR count). The Labute approximate surface area is 126 Å². The third kappa shape index (κ3) is 4.64. The topological polar surface area (TPSA) is 89.9 Å². The Hall–Kier alpha value is -2.28. The zero-order valence-corrected chi connectivity index (χ0v) is 12.2. The van der Waals surface area contributed by atoms with Gasteiger partial charge in [-0.25, -0.2) is 24.7 Å². The number of aromatic nitrogens is 4. The fourth-order valence-electron chi connectivity index (χ4n) is 1.45. The first-order valence-corrected chi connectivity index (χ1v) is 6.82. The van der Waals surface area contributed by atoms with Crippen LogP contribution in [-0.4, -0.2) is 32.5 Å². The van der Waals surface area contributed by atoms with Crippen LogP contribution in [-0.2, 0) is 4.74 Å². The summed E-state index contributed by atoms with van der Waals surface area (Å²) >= 11 is 5.81. The van der Waals surface area contributed by atoms with E-state index in [4.69, 9.17) is 16.3 Å². The van der Waals surface area contributed by atoms with Crippen LogP contribution in [0.15, 0.2) is 24.5 Å². The zero-order chi connectivity index (χ0) is 15.1. The number of hydrogen-bond acceptors (Lipinski definition) is 7. The molecule has 0 saturated heterocycles. The molecular formula is C13H14ClN5O2. The van der Waals surface area contributed by atoms with Crippen LogP contribution in [0.4, 0.5) is 11.8 Å². The third-order valence-corrected chi connectivity index (χ3v) is 2.61. The Bertz CT molecular complexity index is 609. The van der Waals surface area contributed by atoms with Crippen molar-refractivity contribution >= 4 is 29.3 Å². The maximum absolute atomic E-state index is 11.8. The predicted octanol–water partition coefficient (Wildman–Crippen LogP) is 2.62. The Morgan fingerprint density at radius 1 is 1.33 bits per heavy atom. The number of ether oxygens (including phenoxy) is 1. The molecule has 8 heteroatoms. The van der Waals surface area contributed by atoms with Crippen molar-refractivity contribution in [2.75, 3.05) is 11.9 Å². The summed E-state index contributed by atoms with van der Waals surface area (Å²) < 4.78 is 5.08. The van der Waals surface area contributed by atoms with Gasteiger partial charge in [0.15, 0.2) is 5.69 Å². The highest BCUT2D eigenvalue weighted by Gasteiger charge is 2.13. The molecule has 2 aromatic rings. The van der Waals surface area contributed by atoms with E-state index in [1.165, 1.54) is 6.07 Å². The van der Waals surface area contributed by atoms with Gasteiger partial charge >= 0.3 is 5.97 Å². The largest absolute Gasteiger partial charge is 0.461 e. The molecule has 21 heavy (non-hydrogen) atoms. The molecule has 0 saturated carbocycles. The standard InChI is InChI=1S/C13H14ClN5O2/c1-2-3-7-21-11(20)9-8-10(18-12(14)17-9)19-13-15-5-4-6-16-13/h4-6,8H,2-3,7H2,1H3,(H,15,16,17,18,19). The van der Waals surface area contributed by atoms with Crippen LogP contribution in [0.2, 0.25) is 5.28 Å². The van der Waals surface area contributed by atoms with Crippen molar-refractivity contribution < 1.29 is 9.53 Å². The summed E-state index contributed by atoms with van der Waals surface area (Å²) in [7, 11) is 0. The second kappa shape index (κ2) is 7.49. The molecule has 0 atom stereocenters. The molecule has 0 unspecified atom stereocenters. The minimum absolute atomic E-state index is 0.0571. The number of halogens is 1. The van der Waals surface area contributed by atoms with Gasteiger partial charge in [0.1, 0.15) is 5.82 Å². The number of rotatable bonds is 6. The molecule has 1 N–H and O–H groups in total. The maximum Gasteiger partial charge on any atom is 0.357 e. The van der Waals surface area contributed by atoms with Crippen molar-refractivity contribution in [3.63, 3.8) is 0 Å². The summed E-state index contributed by atoms with van der Waals surface area (Å²) in [6, 6.07) is 3.13. The number of esters is 1. The Balaban J connectivity index is 2.11. The molecule has 2 heterocycles. The van der Waals surface area contributed by atoms with Gasteiger partial charge in [0.2, 0.25) is 11.2 Å². The fraction of sp³-hybridized carbons (Fsp3) is 0.308. The second-order valence-electron chi connectivity index (χ2n) is 4.09. The van der Waals surface area contributed by atoms with Crippen LogP contribution in [0.25, 0.3) is 0 Å². The third-order valence-electron chi connectivity index (χ3n) is 2.44. The minimum Gasteiger partial charge on any atom is -0.461 e. The molecule has 0 aliphatic carbocycles. The van der Waals surface area contributed by atoms with Gasteiger partial charge in [-0.1, -0.05) is 13.3 Å². The van der Waals surface area contributed by atoms with Gasteiger partial charge in [-0.2, -0.15) is 0 Å². The van der Waals surface area contributed by atoms with Crippen LogP contribution in [0.1, 0.15) is 30.3 Å². The Kier molecular flexibility index (Phi) is 5.39. The number of nitrogens with zero attached hydrogens (tertiary/aromatic N) is 4. The average Bonchev–Trinajstić information content (AvgIpc) is 2.48. The van der Waals surface area contributed by atoms with Gasteiger partial charge in [-0.15, -0.1) is 0 Å². The van der Waals surface area contributed by atoms with Crippen LogP contribution >= 0.6 is 11.6 Å². The number of carbonyl (C=O) groups excluding carboxylic acids is 1. The normalized spacial score (nSPS) is 10.2. The highest BCUT2D eigenvalue weighted by atomic mass is 35.5. The number of unbranched alkanes of at least 4 members (excludes halogenated alkanes) is 1. The lowest BCUT2D eigenvalue weighted by Gasteiger charge is -2.06. The van der Waals surface area contributed by atoms with E-state index in [9.17, 15) is 4.79 Å². The first kappa shape index (κ1) is 15.1. The van der Waals surface area contributed by atoms with Gasteiger partial charge in [0, 0.05) is 18.5 Å². The lowest BCUT2D eigenvalue weighted by molar-refractivity contribution is 0.0492. The number of carbonyl (C=O) groups is 1. The summed E-state index contributed by atoms with van der Waals surface area (Å²) in [5.41, 5.74) is 0.0875. The SMILES string of the molecule is CCCCOC(=O)c1cc(Nc2ncccn2)nc(Cl)n1. The van der Waals surface area contributed by atoms with Crippen molar-refractivity contribution in [3.8, 4) is 0 Å². The van der Waals surface area contributed by atoms with E-state index in [1.54, 1.807) is 18.5 Å². The lowest BCUT2D eigenvalue weighted by Crippen LogP contribution is -2.10. The smallest absolute Gasteiger partial charge is 0.357 e. The first-order chi connectivity index (χ1) is 10.2. The van der Waals surface area contributed by atoms with E-state index < -0.39 is 5.97 Å². The van der Waals surface area contributed by atoms with E-state index in [1.807, 2.05) is 6.92 Å². The monoisotopic (exact) mass is 307 g/mol. The Morgan fingerprint density at radius 2 is 2.10 bits per heavy atom. The van der Waals surface area contributed by atoms with Crippen molar-refractivity contribution in [2.24, 2.45) is 0 Å². The Morgan fingerprint density at radius 3 is 2.81 bits per heavy atom. The van der Waals surface area contributed by atoms with Crippen LogP contribution in [0.3, 0.4) is 0 Å². The fourth-order valence-corrected chi connectivity index (χ4v) is 1.63. The highest BCUT2D eigenvalue weighted by Crippen LogP contribution is 2.14. The molecule has 0 aliphatic rings. The molecule has 0 amide bonds. The van der Waals surface area contributed by atoms with Gasteiger partial charge in [0.25, 0.3) is 0 Å². The average molecular weight is 308 g/mol. The van der Waals surface area contributed by atoms with Gasteiger partial charge in [-0.3, -0.25) is 0 Å². The quantitative estimate of drug-likeness (QED) is 0.498. The molecule has 0 aliphatic heterocycles. The molecule has 7 nitrogen and oxygen atoms in total. The molecular weight excluding hydrogens is 294 g/mol. The van der Waals surface area contributed by atoms with E-state index in [0.29, 0.717) is 18.4 Å². The molecule has 0 fully saturated rings. The molecule has 0 bridgehead atoms. The summed E-state index contributed by atoms with van der Waals surface area (Å²) in [5, 5.41) is 2.78. The van der Waals surface area contributed by atoms with Crippen molar-refractivity contribution in [3.05, 3.63) is 35.5 Å². The van der Waals surface area contributed by atoms with Crippen molar-refractivity contribution in [2.45, 2.75) is 19.8 Å². The summed E-state index contributed by atoms with van der Waals surface area (Å²) in [6.45, 7) is 2.36. The van der Waals surface area contributed by atoms with E-state index in [0.717, 1.165) is 12.8 Å². The second-order valence-corrected chi connectivity index (χ2v) is 4.43. The van der Waals surface area contributed by atoms with Gasteiger partial charge < -0.3 is 10.1 Å². The van der Waals surface area contributed by atoms with Crippen LogP contribution in [0.5, 0.6) is 0 Å². The molecule has 0 spiro atoms. The van der Waals surface area contributed by atoms with Gasteiger partial charge in [-0.05, 0) is 24.1 Å². The van der Waals surface area contributed by atoms with Crippen molar-refractivity contribution in [1.29, 1.82) is 0 Å². The van der Waals surface area contributed by atoms with Crippen LogP contribution < -0.4 is 5.32 Å². The van der Waals surface area contributed by atoms with E-state index >= 15 is 0 Å². The zero-order valence-electron chi connectivity index (χ0n) is 11.4. The molecule has 0 radical (unpaired) electrons. The predicted molar refractivity (Wildman–Crippen MR) is 77.5 cm³/mol. The molecule has 110 valence electrons. The van der Waals surface area contributed by atoms with Crippen molar-refractivity contribution in [1.82, 2.24) is 19.9 Å². The van der Waals surface area contributed by atoms with E-state index in [2.05, 4.69) is 25.3 Å². The van der Waals surface area contributed by atoms with Gasteiger partial charge in [0.05, 0.1) is 6.61 Å². The number of nitrogens with one attached hydrogen (secondary N) is 1. The molecule has 2 aromatic heterocycles. The van der Waals surface area contributed by atoms with E-state index in [-0.39, 0.29) is 11.0 Å². The summed E-state index contributed by atoms with van der Waals surface area (Å²) in [4.78, 5) is 27.7. The first-order valence-electron chi connectivity index (χ1n) is 6.45. The minimum atomic E-state index is -0.537. The number of anilines is 2. The molecule has 0 aromatic carbocycles. The summed E-state index contributed by atoms with van der Waals surface area (Å²) in [5.74, 6) is 0.131. The van der Waals surface area contributed by atoms with Crippen LogP contribution in [0, 0.1) is 0 Å². The number of hydrogen-bond donors (Lipinski definition) is 1.